The molecule has 1 aromatic carbocycles. The van der Waals surface area contributed by atoms with Gasteiger partial charge in [-0.1, -0.05) is 12.1 Å². The first kappa shape index (κ1) is 12.5. The number of hydrogen-bond acceptors (Lipinski definition) is 4. The van der Waals surface area contributed by atoms with Crippen LogP contribution in [0.1, 0.15) is 5.56 Å². The van der Waals surface area contributed by atoms with Gasteiger partial charge in [0.15, 0.2) is 0 Å². The van der Waals surface area contributed by atoms with E-state index in [0.717, 1.165) is 5.56 Å². The van der Waals surface area contributed by atoms with Crippen molar-refractivity contribution in [2.24, 2.45) is 0 Å². The molecule has 0 aromatic heterocycles. The first-order valence-electron chi connectivity index (χ1n) is 5.01. The van der Waals surface area contributed by atoms with Crippen molar-refractivity contribution < 1.29 is 15.0 Å². The van der Waals surface area contributed by atoms with Crippen LogP contribution in [0.4, 0.5) is 5.69 Å². The topological polar surface area (TPSA) is 95.6 Å². The summed E-state index contributed by atoms with van der Waals surface area (Å²) in [7, 11) is 0. The summed E-state index contributed by atoms with van der Waals surface area (Å²) >= 11 is 0. The van der Waals surface area contributed by atoms with Crippen molar-refractivity contribution in [3.8, 4) is 0 Å². The van der Waals surface area contributed by atoms with E-state index in [-0.39, 0.29) is 25.5 Å². The van der Waals surface area contributed by atoms with Crippen molar-refractivity contribution in [3.05, 3.63) is 29.8 Å². The highest BCUT2D eigenvalue weighted by atomic mass is 16.3. The number of aliphatic hydroxyl groups excluding tert-OH is 2. The maximum Gasteiger partial charge on any atom is 0.224 e. The smallest absolute Gasteiger partial charge is 0.224 e. The molecule has 0 aliphatic heterocycles. The standard InChI is InChI=1S/C11H16N2O3/c12-9-3-1-8(2-4-9)5-11(16)13-10(6-14)7-15/h1-4,10,14-15H,5-7,12H2,(H,13,16). The van der Waals surface area contributed by atoms with Crippen LogP contribution in [0.15, 0.2) is 24.3 Å². The van der Waals surface area contributed by atoms with Crippen LogP contribution in [0.25, 0.3) is 0 Å². The second kappa shape index (κ2) is 6.09. The maximum atomic E-state index is 11.5. The van der Waals surface area contributed by atoms with Crippen LogP contribution in [0, 0.1) is 0 Å². The van der Waals surface area contributed by atoms with E-state index in [1.54, 1.807) is 24.3 Å². The number of nitrogens with two attached hydrogens (primary N) is 1. The molecule has 5 nitrogen and oxygen atoms in total. The summed E-state index contributed by atoms with van der Waals surface area (Å²) < 4.78 is 0. The highest BCUT2D eigenvalue weighted by Crippen LogP contribution is 2.05. The average molecular weight is 224 g/mol. The lowest BCUT2D eigenvalue weighted by molar-refractivity contribution is -0.121. The number of hydrogen-bond donors (Lipinski definition) is 4. The first-order valence-corrected chi connectivity index (χ1v) is 5.01. The summed E-state index contributed by atoms with van der Waals surface area (Å²) in [5, 5.41) is 20.1. The number of aliphatic hydroxyl groups is 2. The second-order valence-electron chi connectivity index (χ2n) is 3.55. The lowest BCUT2D eigenvalue weighted by Gasteiger charge is -2.13. The zero-order chi connectivity index (χ0) is 12.0. The Kier molecular flexibility index (Phi) is 4.75. The Bertz CT molecular complexity index is 334. The number of carbonyl (C=O) groups excluding carboxylic acids is 1. The van der Waals surface area contributed by atoms with Gasteiger partial charge in [-0.25, -0.2) is 0 Å². The minimum atomic E-state index is -0.596. The number of nitrogen functional groups attached to an aromatic ring is 1. The Morgan fingerprint density at radius 1 is 1.25 bits per heavy atom. The van der Waals surface area contributed by atoms with E-state index >= 15 is 0 Å². The molecule has 0 spiro atoms. The molecule has 1 aromatic rings. The summed E-state index contributed by atoms with van der Waals surface area (Å²) in [5.41, 5.74) is 7.00. The third kappa shape index (κ3) is 3.88. The monoisotopic (exact) mass is 224 g/mol. The Morgan fingerprint density at radius 2 is 1.81 bits per heavy atom. The largest absolute Gasteiger partial charge is 0.399 e. The van der Waals surface area contributed by atoms with E-state index in [0.29, 0.717) is 5.69 Å². The number of anilines is 1. The van der Waals surface area contributed by atoms with Crippen LogP contribution in [0.3, 0.4) is 0 Å². The molecule has 5 N–H and O–H groups in total. The van der Waals surface area contributed by atoms with E-state index in [1.807, 2.05) is 0 Å². The van der Waals surface area contributed by atoms with Crippen molar-refractivity contribution in [2.75, 3.05) is 18.9 Å². The van der Waals surface area contributed by atoms with E-state index in [4.69, 9.17) is 15.9 Å². The van der Waals surface area contributed by atoms with Gasteiger partial charge >= 0.3 is 0 Å². The predicted molar refractivity (Wildman–Crippen MR) is 60.7 cm³/mol. The molecule has 1 amide bonds. The van der Waals surface area contributed by atoms with Gasteiger partial charge in [0.2, 0.25) is 5.91 Å². The number of nitrogens with one attached hydrogen (secondary N) is 1. The Labute approximate surface area is 93.9 Å². The van der Waals surface area contributed by atoms with Crippen LogP contribution >= 0.6 is 0 Å². The Balaban J connectivity index is 2.48. The summed E-state index contributed by atoms with van der Waals surface area (Å²) in [5.74, 6) is -0.238. The van der Waals surface area contributed by atoms with Crippen molar-refractivity contribution in [1.29, 1.82) is 0 Å². The zero-order valence-electron chi connectivity index (χ0n) is 8.89. The lowest BCUT2D eigenvalue weighted by atomic mass is 10.1. The Hall–Kier alpha value is -1.59. The third-order valence-corrected chi connectivity index (χ3v) is 2.15. The molecule has 0 aliphatic rings. The van der Waals surface area contributed by atoms with Crippen LogP contribution in [0.5, 0.6) is 0 Å². The molecule has 0 radical (unpaired) electrons. The summed E-state index contributed by atoms with van der Waals surface area (Å²) in [6.45, 7) is -0.548. The van der Waals surface area contributed by atoms with Crippen LogP contribution in [-0.2, 0) is 11.2 Å². The minimum absolute atomic E-state index is 0.205. The third-order valence-electron chi connectivity index (χ3n) is 2.15. The SMILES string of the molecule is Nc1ccc(CC(=O)NC(CO)CO)cc1. The molecular formula is C11H16N2O3. The van der Waals surface area contributed by atoms with Crippen molar-refractivity contribution in [1.82, 2.24) is 5.32 Å². The molecule has 16 heavy (non-hydrogen) atoms. The van der Waals surface area contributed by atoms with Gasteiger partial charge in [0, 0.05) is 5.69 Å². The summed E-state index contributed by atoms with van der Waals surface area (Å²) in [4.78, 5) is 11.5. The fraction of sp³-hybridized carbons (Fsp3) is 0.364. The van der Waals surface area contributed by atoms with Gasteiger partial charge in [-0.3, -0.25) is 4.79 Å². The fourth-order valence-electron chi connectivity index (χ4n) is 1.25. The molecule has 0 fully saturated rings. The maximum absolute atomic E-state index is 11.5. The van der Waals surface area contributed by atoms with Gasteiger partial charge in [-0.05, 0) is 17.7 Å². The molecule has 0 saturated carbocycles. The van der Waals surface area contributed by atoms with E-state index < -0.39 is 6.04 Å². The average Bonchev–Trinajstić information content (AvgIpc) is 2.29. The molecule has 0 unspecified atom stereocenters. The second-order valence-corrected chi connectivity index (χ2v) is 3.55. The number of carbonyl (C=O) groups is 1. The highest BCUT2D eigenvalue weighted by Gasteiger charge is 2.10. The van der Waals surface area contributed by atoms with Gasteiger partial charge in [0.1, 0.15) is 0 Å². The lowest BCUT2D eigenvalue weighted by Crippen LogP contribution is -2.40. The van der Waals surface area contributed by atoms with Crippen LogP contribution < -0.4 is 11.1 Å². The van der Waals surface area contributed by atoms with Gasteiger partial charge in [-0.2, -0.15) is 0 Å². The van der Waals surface area contributed by atoms with Gasteiger partial charge in [-0.15, -0.1) is 0 Å². The van der Waals surface area contributed by atoms with E-state index in [2.05, 4.69) is 5.32 Å². The zero-order valence-corrected chi connectivity index (χ0v) is 8.89. The Morgan fingerprint density at radius 3 is 2.31 bits per heavy atom. The number of rotatable bonds is 5. The molecule has 5 heteroatoms. The van der Waals surface area contributed by atoms with Crippen molar-refractivity contribution in [3.63, 3.8) is 0 Å². The van der Waals surface area contributed by atoms with Gasteiger partial charge in [0.05, 0.1) is 25.7 Å². The molecule has 0 saturated heterocycles. The van der Waals surface area contributed by atoms with Crippen molar-refractivity contribution >= 4 is 11.6 Å². The molecule has 88 valence electrons. The summed E-state index contributed by atoms with van der Waals surface area (Å²) in [6.07, 6.45) is 0.205. The molecule has 1 rings (SSSR count). The number of amides is 1. The number of benzene rings is 1. The van der Waals surface area contributed by atoms with Crippen LogP contribution in [-0.4, -0.2) is 35.4 Å². The molecule has 0 heterocycles. The normalized spacial score (nSPS) is 10.4. The van der Waals surface area contributed by atoms with Gasteiger partial charge in [0.25, 0.3) is 0 Å². The highest BCUT2D eigenvalue weighted by molar-refractivity contribution is 5.79. The molecule has 0 aliphatic carbocycles. The summed E-state index contributed by atoms with van der Waals surface area (Å²) in [6, 6.07) is 6.38. The van der Waals surface area contributed by atoms with Crippen LogP contribution in [0.2, 0.25) is 0 Å². The quantitative estimate of drug-likeness (QED) is 0.496. The van der Waals surface area contributed by atoms with Crippen molar-refractivity contribution in [2.45, 2.75) is 12.5 Å². The van der Waals surface area contributed by atoms with E-state index in [9.17, 15) is 4.79 Å². The first-order chi connectivity index (χ1) is 7.65. The fourth-order valence-corrected chi connectivity index (χ4v) is 1.25. The molecule has 0 bridgehead atoms. The molecule has 0 atom stereocenters. The van der Waals surface area contributed by atoms with Gasteiger partial charge < -0.3 is 21.3 Å². The molecular weight excluding hydrogens is 208 g/mol. The van der Waals surface area contributed by atoms with E-state index in [1.165, 1.54) is 0 Å². The predicted octanol–water partition coefficient (Wildman–Crippen LogP) is -0.719. The minimum Gasteiger partial charge on any atom is -0.399 e.